The average Bonchev–Trinajstić information content (AvgIpc) is 2.66. The van der Waals surface area contributed by atoms with Crippen LogP contribution in [0.1, 0.15) is 11.1 Å². The number of alkyl halides is 3. The van der Waals surface area contributed by atoms with Crippen molar-refractivity contribution in [3.8, 4) is 0 Å². The monoisotopic (exact) mass is 405 g/mol. The lowest BCUT2D eigenvalue weighted by Gasteiger charge is -2.27. The molecule has 0 saturated carbocycles. The zero-order valence-electron chi connectivity index (χ0n) is 15.0. The van der Waals surface area contributed by atoms with Gasteiger partial charge in [-0.25, -0.2) is 5.01 Å². The summed E-state index contributed by atoms with van der Waals surface area (Å²) in [5.74, 6) is -0.636. The number of rotatable bonds is 4. The minimum absolute atomic E-state index is 0.0431. The highest BCUT2D eigenvalue weighted by Crippen LogP contribution is 2.31. The second kappa shape index (κ2) is 7.84. The third-order valence-electron chi connectivity index (χ3n) is 4.10. The topological polar surface area (TPSA) is 117 Å². The molecule has 7 nitrogen and oxygen atoms in total. The molecule has 0 spiro atoms. The summed E-state index contributed by atoms with van der Waals surface area (Å²) < 4.78 is 38.7. The van der Waals surface area contributed by atoms with Crippen LogP contribution in [0.15, 0.2) is 59.7 Å². The number of benzene rings is 2. The van der Waals surface area contributed by atoms with Crippen LogP contribution >= 0.6 is 0 Å². The van der Waals surface area contributed by atoms with Crippen molar-refractivity contribution in [2.75, 3.05) is 16.5 Å². The number of nitrogens with two attached hydrogens (primary N) is 2. The van der Waals surface area contributed by atoms with E-state index in [9.17, 15) is 23.1 Å². The maximum atomic E-state index is 12.9. The fourth-order valence-corrected chi connectivity index (χ4v) is 2.74. The van der Waals surface area contributed by atoms with Gasteiger partial charge in [0.15, 0.2) is 6.23 Å². The molecule has 0 saturated heterocycles. The Balaban J connectivity index is 1.76. The molecule has 6 N–H and O–H groups in total. The smallest absolute Gasteiger partial charge is 0.399 e. The van der Waals surface area contributed by atoms with Crippen molar-refractivity contribution in [3.63, 3.8) is 0 Å². The quantitative estimate of drug-likeness (QED) is 0.582. The van der Waals surface area contributed by atoms with Crippen LogP contribution in [-0.4, -0.2) is 23.0 Å². The molecule has 3 rings (SSSR count). The summed E-state index contributed by atoms with van der Waals surface area (Å²) in [5.41, 5.74) is 11.3. The summed E-state index contributed by atoms with van der Waals surface area (Å²) in [7, 11) is 0. The third kappa shape index (κ3) is 4.66. The van der Waals surface area contributed by atoms with Crippen LogP contribution in [0.2, 0.25) is 0 Å². The van der Waals surface area contributed by atoms with E-state index in [4.69, 9.17) is 11.5 Å². The number of nitrogens with zero attached hydrogens (tertiary/aromatic N) is 2. The molecule has 2 aromatic carbocycles. The van der Waals surface area contributed by atoms with E-state index in [0.717, 1.165) is 12.1 Å². The molecule has 10 heteroatoms. The van der Waals surface area contributed by atoms with Gasteiger partial charge >= 0.3 is 6.18 Å². The SMILES string of the molecule is Nc1cc(CNC(=O)C2=NN(c3ccccc3N)C(O)C=C2)cc(C(F)(F)F)c1. The highest BCUT2D eigenvalue weighted by atomic mass is 19.4. The van der Waals surface area contributed by atoms with Crippen LogP contribution in [0.5, 0.6) is 0 Å². The first kappa shape index (κ1) is 20.2. The number of hydrogen-bond donors (Lipinski definition) is 4. The summed E-state index contributed by atoms with van der Waals surface area (Å²) in [6.07, 6.45) is -3.01. The summed E-state index contributed by atoms with van der Waals surface area (Å²) in [5, 5.41) is 17.9. The van der Waals surface area contributed by atoms with Crippen molar-refractivity contribution >= 4 is 28.7 Å². The number of carbonyl (C=O) groups excluding carboxylic acids is 1. The zero-order chi connectivity index (χ0) is 21.2. The number of amides is 1. The van der Waals surface area contributed by atoms with Crippen LogP contribution in [0.25, 0.3) is 0 Å². The van der Waals surface area contributed by atoms with Gasteiger partial charge in [-0.1, -0.05) is 12.1 Å². The molecular formula is C19H18F3N5O2. The molecular weight excluding hydrogens is 387 g/mol. The lowest BCUT2D eigenvalue weighted by Crippen LogP contribution is -2.38. The Morgan fingerprint density at radius 1 is 1.21 bits per heavy atom. The first-order valence-electron chi connectivity index (χ1n) is 8.48. The Morgan fingerprint density at radius 2 is 1.93 bits per heavy atom. The Labute approximate surface area is 164 Å². The van der Waals surface area contributed by atoms with E-state index >= 15 is 0 Å². The number of hydrogen-bond acceptors (Lipinski definition) is 6. The van der Waals surface area contributed by atoms with Crippen LogP contribution in [-0.2, 0) is 17.5 Å². The van der Waals surface area contributed by atoms with E-state index in [0.29, 0.717) is 11.4 Å². The minimum atomic E-state index is -4.55. The standard InChI is InChI=1S/C19H18F3N5O2/c20-19(21,22)12-7-11(8-13(23)9-12)10-25-18(29)15-5-6-17(28)27(26-15)16-4-2-1-3-14(16)24/h1-9,17,28H,10,23-24H2,(H,25,29). The number of aliphatic hydroxyl groups is 1. The molecule has 1 heterocycles. The first-order valence-corrected chi connectivity index (χ1v) is 8.48. The van der Waals surface area contributed by atoms with Crippen molar-refractivity contribution in [3.05, 3.63) is 65.7 Å². The highest BCUT2D eigenvalue weighted by Gasteiger charge is 2.31. The Kier molecular flexibility index (Phi) is 5.46. The largest absolute Gasteiger partial charge is 0.416 e. The van der Waals surface area contributed by atoms with Gasteiger partial charge in [-0.15, -0.1) is 0 Å². The van der Waals surface area contributed by atoms with E-state index in [-0.39, 0.29) is 23.5 Å². The molecule has 0 bridgehead atoms. The lowest BCUT2D eigenvalue weighted by atomic mass is 10.1. The average molecular weight is 405 g/mol. The van der Waals surface area contributed by atoms with Crippen LogP contribution < -0.4 is 21.8 Å². The normalized spacial score (nSPS) is 16.5. The second-order valence-corrected chi connectivity index (χ2v) is 6.31. The maximum absolute atomic E-state index is 12.9. The van der Waals surface area contributed by atoms with E-state index in [2.05, 4.69) is 10.4 Å². The van der Waals surface area contributed by atoms with Crippen LogP contribution in [0.4, 0.5) is 30.2 Å². The van der Waals surface area contributed by atoms with Gasteiger partial charge in [0.1, 0.15) is 5.71 Å². The highest BCUT2D eigenvalue weighted by molar-refractivity contribution is 6.43. The van der Waals surface area contributed by atoms with E-state index < -0.39 is 23.9 Å². The number of hydrazone groups is 1. The fraction of sp³-hybridized carbons (Fsp3) is 0.158. The van der Waals surface area contributed by atoms with Gasteiger partial charge < -0.3 is 21.9 Å². The summed E-state index contributed by atoms with van der Waals surface area (Å²) in [4.78, 5) is 12.4. The summed E-state index contributed by atoms with van der Waals surface area (Å²) in [6, 6.07) is 9.73. The van der Waals surface area contributed by atoms with E-state index in [1.807, 2.05) is 0 Å². The number of halogens is 3. The van der Waals surface area contributed by atoms with Crippen molar-refractivity contribution < 1.29 is 23.1 Å². The summed E-state index contributed by atoms with van der Waals surface area (Å²) in [6.45, 7) is -0.185. The predicted molar refractivity (Wildman–Crippen MR) is 104 cm³/mol. The van der Waals surface area contributed by atoms with Crippen LogP contribution in [0, 0.1) is 0 Å². The van der Waals surface area contributed by atoms with Gasteiger partial charge in [0, 0.05) is 12.2 Å². The molecule has 0 aliphatic carbocycles. The molecule has 0 radical (unpaired) electrons. The van der Waals surface area contributed by atoms with Crippen molar-refractivity contribution in [1.29, 1.82) is 0 Å². The number of aliphatic hydroxyl groups excluding tert-OH is 1. The maximum Gasteiger partial charge on any atom is 0.416 e. The Hall–Kier alpha value is -3.53. The van der Waals surface area contributed by atoms with E-state index in [1.165, 1.54) is 23.2 Å². The second-order valence-electron chi connectivity index (χ2n) is 6.31. The molecule has 29 heavy (non-hydrogen) atoms. The molecule has 0 fully saturated rings. The molecule has 1 aliphatic rings. The lowest BCUT2D eigenvalue weighted by molar-refractivity contribution is -0.137. The van der Waals surface area contributed by atoms with Gasteiger partial charge in [0.05, 0.1) is 16.9 Å². The van der Waals surface area contributed by atoms with Gasteiger partial charge in [-0.2, -0.15) is 18.3 Å². The molecule has 1 unspecified atom stereocenters. The fourth-order valence-electron chi connectivity index (χ4n) is 2.74. The van der Waals surface area contributed by atoms with Gasteiger partial charge in [-0.05, 0) is 48.0 Å². The molecule has 1 atom stereocenters. The summed E-state index contributed by atoms with van der Waals surface area (Å²) >= 11 is 0. The van der Waals surface area contributed by atoms with Crippen LogP contribution in [0.3, 0.4) is 0 Å². The van der Waals surface area contributed by atoms with Gasteiger partial charge in [0.25, 0.3) is 5.91 Å². The minimum Gasteiger partial charge on any atom is -0.399 e. The molecule has 152 valence electrons. The number of anilines is 3. The number of nitrogens with one attached hydrogen (secondary N) is 1. The van der Waals surface area contributed by atoms with E-state index in [1.54, 1.807) is 24.3 Å². The molecule has 0 aromatic heterocycles. The molecule has 1 aliphatic heterocycles. The number of carbonyl (C=O) groups is 1. The molecule has 1 amide bonds. The van der Waals surface area contributed by atoms with Crippen molar-refractivity contribution in [2.45, 2.75) is 18.9 Å². The number of nitrogen functional groups attached to an aromatic ring is 2. The number of para-hydroxylation sites is 2. The van der Waals surface area contributed by atoms with Crippen molar-refractivity contribution in [2.24, 2.45) is 5.10 Å². The predicted octanol–water partition coefficient (Wildman–Crippen LogP) is 2.24. The zero-order valence-corrected chi connectivity index (χ0v) is 15.0. The Morgan fingerprint density at radius 3 is 2.62 bits per heavy atom. The molecule has 2 aromatic rings. The van der Waals surface area contributed by atoms with Crippen molar-refractivity contribution in [1.82, 2.24) is 5.32 Å². The van der Waals surface area contributed by atoms with Gasteiger partial charge in [0.2, 0.25) is 0 Å². The third-order valence-corrected chi connectivity index (χ3v) is 4.10. The Bertz CT molecular complexity index is 988. The first-order chi connectivity index (χ1) is 13.6. The van der Waals surface area contributed by atoms with Gasteiger partial charge in [-0.3, -0.25) is 4.79 Å².